The summed E-state index contributed by atoms with van der Waals surface area (Å²) in [5.74, 6) is 0.778. The van der Waals surface area contributed by atoms with E-state index in [1.807, 2.05) is 13.0 Å². The molecule has 23 heavy (non-hydrogen) atoms. The largest absolute Gasteiger partial charge is 0.361 e. The molecule has 6 nitrogen and oxygen atoms in total. The Balaban J connectivity index is 1.65. The highest BCUT2D eigenvalue weighted by atomic mass is 35.5. The van der Waals surface area contributed by atoms with E-state index in [-0.39, 0.29) is 9.92 Å². The van der Waals surface area contributed by atoms with Gasteiger partial charge in [-0.15, -0.1) is 0 Å². The van der Waals surface area contributed by atoms with Gasteiger partial charge in [0, 0.05) is 38.8 Å². The standard InChI is InChI=1S/C15H18ClN3O3S/c1-12-10-13(17-22-12)11-18-6-8-19(9-7-18)23(20,21)15-5-3-2-4-14(15)16/h2-5,10H,6-9,11H2,1H3. The normalized spacial score (nSPS) is 17.5. The van der Waals surface area contributed by atoms with Crippen LogP contribution >= 0.6 is 11.6 Å². The maximum atomic E-state index is 12.7. The van der Waals surface area contributed by atoms with Gasteiger partial charge in [-0.1, -0.05) is 28.9 Å². The molecule has 0 aliphatic carbocycles. The summed E-state index contributed by atoms with van der Waals surface area (Å²) in [6, 6.07) is 8.44. The van der Waals surface area contributed by atoms with Crippen LogP contribution in [0.2, 0.25) is 5.02 Å². The van der Waals surface area contributed by atoms with E-state index >= 15 is 0 Å². The highest BCUT2D eigenvalue weighted by molar-refractivity contribution is 7.89. The molecule has 3 rings (SSSR count). The number of hydrogen-bond donors (Lipinski definition) is 0. The lowest BCUT2D eigenvalue weighted by Gasteiger charge is -2.33. The first kappa shape index (κ1) is 16.4. The van der Waals surface area contributed by atoms with E-state index in [2.05, 4.69) is 10.1 Å². The first-order valence-electron chi connectivity index (χ1n) is 7.36. The molecule has 1 fully saturated rings. The summed E-state index contributed by atoms with van der Waals surface area (Å²) in [4.78, 5) is 2.33. The molecule has 0 bridgehead atoms. The van der Waals surface area contributed by atoms with Crippen molar-refractivity contribution in [3.63, 3.8) is 0 Å². The molecule has 1 aliphatic heterocycles. The van der Waals surface area contributed by atoms with Crippen LogP contribution in [-0.4, -0.2) is 49.0 Å². The Bertz CT molecular complexity index is 783. The van der Waals surface area contributed by atoms with Crippen LogP contribution in [0.25, 0.3) is 0 Å². The topological polar surface area (TPSA) is 66.7 Å². The smallest absolute Gasteiger partial charge is 0.244 e. The quantitative estimate of drug-likeness (QED) is 0.840. The molecule has 1 aromatic heterocycles. The van der Waals surface area contributed by atoms with E-state index in [0.717, 1.165) is 11.5 Å². The van der Waals surface area contributed by atoms with Crippen LogP contribution in [0.5, 0.6) is 0 Å². The van der Waals surface area contributed by atoms with Crippen molar-refractivity contribution in [3.05, 3.63) is 46.8 Å². The second kappa shape index (κ2) is 6.60. The monoisotopic (exact) mass is 355 g/mol. The summed E-state index contributed by atoms with van der Waals surface area (Å²) in [5.41, 5.74) is 0.866. The van der Waals surface area contributed by atoms with Gasteiger partial charge in [-0.2, -0.15) is 4.31 Å². The molecule has 2 aromatic rings. The van der Waals surface area contributed by atoms with Crippen molar-refractivity contribution < 1.29 is 12.9 Å². The Hall–Kier alpha value is -1.41. The Morgan fingerprint density at radius 1 is 1.22 bits per heavy atom. The number of hydrogen-bond acceptors (Lipinski definition) is 5. The van der Waals surface area contributed by atoms with Crippen molar-refractivity contribution >= 4 is 21.6 Å². The summed E-state index contributed by atoms with van der Waals surface area (Å²) in [7, 11) is -3.54. The maximum Gasteiger partial charge on any atom is 0.244 e. The van der Waals surface area contributed by atoms with Gasteiger partial charge in [0.25, 0.3) is 0 Å². The Kier molecular flexibility index (Phi) is 4.72. The molecule has 8 heteroatoms. The third-order valence-corrected chi connectivity index (χ3v) is 6.25. The van der Waals surface area contributed by atoms with Crippen LogP contribution in [0.15, 0.2) is 39.8 Å². The van der Waals surface area contributed by atoms with Gasteiger partial charge in [0.05, 0.1) is 10.7 Å². The number of aryl methyl sites for hydroxylation is 1. The lowest BCUT2D eigenvalue weighted by Crippen LogP contribution is -2.48. The molecule has 1 aliphatic rings. The minimum absolute atomic E-state index is 0.169. The molecule has 0 radical (unpaired) electrons. The molecule has 0 saturated carbocycles. The molecule has 1 aromatic carbocycles. The molecule has 124 valence electrons. The Morgan fingerprint density at radius 2 is 1.91 bits per heavy atom. The fraction of sp³-hybridized carbons (Fsp3) is 0.400. The summed E-state index contributed by atoms with van der Waals surface area (Å²) < 4.78 is 31.9. The summed E-state index contributed by atoms with van der Waals surface area (Å²) >= 11 is 6.03. The van der Waals surface area contributed by atoms with Gasteiger partial charge in [0.1, 0.15) is 10.7 Å². The number of piperazine rings is 1. The van der Waals surface area contributed by atoms with Crippen molar-refractivity contribution in [1.29, 1.82) is 0 Å². The summed E-state index contributed by atoms with van der Waals surface area (Å²) in [6.07, 6.45) is 0. The Morgan fingerprint density at radius 3 is 2.52 bits per heavy atom. The minimum Gasteiger partial charge on any atom is -0.361 e. The molecule has 1 saturated heterocycles. The van der Waals surface area contributed by atoms with Crippen molar-refractivity contribution in [2.24, 2.45) is 0 Å². The predicted molar refractivity (Wildman–Crippen MR) is 86.7 cm³/mol. The van der Waals surface area contributed by atoms with E-state index in [0.29, 0.717) is 32.7 Å². The maximum absolute atomic E-state index is 12.7. The average Bonchev–Trinajstić information content (AvgIpc) is 2.93. The van der Waals surface area contributed by atoms with E-state index < -0.39 is 10.0 Å². The van der Waals surface area contributed by atoms with Gasteiger partial charge in [-0.25, -0.2) is 8.42 Å². The van der Waals surface area contributed by atoms with Gasteiger partial charge >= 0.3 is 0 Å². The van der Waals surface area contributed by atoms with Crippen LogP contribution in [0, 0.1) is 6.92 Å². The van der Waals surface area contributed by atoms with Crippen LogP contribution in [-0.2, 0) is 16.6 Å². The first-order chi connectivity index (χ1) is 11.0. The highest BCUT2D eigenvalue weighted by Crippen LogP contribution is 2.25. The summed E-state index contributed by atoms with van der Waals surface area (Å²) in [5, 5.41) is 4.23. The third-order valence-electron chi connectivity index (χ3n) is 3.85. The van der Waals surface area contributed by atoms with Crippen molar-refractivity contribution in [2.45, 2.75) is 18.4 Å². The minimum atomic E-state index is -3.54. The predicted octanol–water partition coefficient (Wildman–Crippen LogP) is 2.14. The molecule has 0 N–H and O–H groups in total. The first-order valence-corrected chi connectivity index (χ1v) is 9.18. The van der Waals surface area contributed by atoms with Crippen LogP contribution in [0.3, 0.4) is 0 Å². The van der Waals surface area contributed by atoms with E-state index in [1.165, 1.54) is 4.31 Å². The lowest BCUT2D eigenvalue weighted by molar-refractivity contribution is 0.177. The van der Waals surface area contributed by atoms with Gasteiger partial charge < -0.3 is 4.52 Å². The van der Waals surface area contributed by atoms with Crippen molar-refractivity contribution in [2.75, 3.05) is 26.2 Å². The zero-order chi connectivity index (χ0) is 16.4. The Labute approximate surface area is 140 Å². The van der Waals surface area contributed by atoms with Crippen molar-refractivity contribution in [3.8, 4) is 0 Å². The molecule has 0 atom stereocenters. The number of benzene rings is 1. The fourth-order valence-corrected chi connectivity index (χ4v) is 4.56. The van der Waals surface area contributed by atoms with Crippen LogP contribution in [0.4, 0.5) is 0 Å². The molecule has 2 heterocycles. The van der Waals surface area contributed by atoms with Crippen LogP contribution < -0.4 is 0 Å². The van der Waals surface area contributed by atoms with E-state index in [1.54, 1.807) is 24.3 Å². The molecular weight excluding hydrogens is 338 g/mol. The molecule has 0 amide bonds. The van der Waals surface area contributed by atoms with Crippen LogP contribution in [0.1, 0.15) is 11.5 Å². The number of sulfonamides is 1. The number of rotatable bonds is 4. The highest BCUT2D eigenvalue weighted by Gasteiger charge is 2.30. The zero-order valence-electron chi connectivity index (χ0n) is 12.8. The second-order valence-corrected chi connectivity index (χ2v) is 7.85. The molecule has 0 unspecified atom stereocenters. The number of aromatic nitrogens is 1. The number of halogens is 1. The lowest BCUT2D eigenvalue weighted by atomic mass is 10.3. The third kappa shape index (κ3) is 3.58. The SMILES string of the molecule is Cc1cc(CN2CCN(S(=O)(=O)c3ccccc3Cl)CC2)no1. The second-order valence-electron chi connectivity index (χ2n) is 5.54. The number of nitrogens with zero attached hydrogens (tertiary/aromatic N) is 3. The van der Waals surface area contributed by atoms with Crippen molar-refractivity contribution in [1.82, 2.24) is 14.4 Å². The van der Waals surface area contributed by atoms with Gasteiger partial charge in [0.2, 0.25) is 10.0 Å². The molecular formula is C15H18ClN3O3S. The summed E-state index contributed by atoms with van der Waals surface area (Å²) in [6.45, 7) is 4.68. The van der Waals surface area contributed by atoms with Gasteiger partial charge in [-0.3, -0.25) is 4.90 Å². The fourth-order valence-electron chi connectivity index (χ4n) is 2.64. The zero-order valence-corrected chi connectivity index (χ0v) is 14.3. The van der Waals surface area contributed by atoms with E-state index in [4.69, 9.17) is 16.1 Å². The molecule has 0 spiro atoms. The van der Waals surface area contributed by atoms with Gasteiger partial charge in [-0.05, 0) is 19.1 Å². The van der Waals surface area contributed by atoms with E-state index in [9.17, 15) is 8.42 Å². The van der Waals surface area contributed by atoms with Gasteiger partial charge in [0.15, 0.2) is 0 Å². The average molecular weight is 356 g/mol.